The molecule has 2 aromatic carbocycles. The number of amides is 2. The second kappa shape index (κ2) is 9.99. The predicted octanol–water partition coefficient (Wildman–Crippen LogP) is 2.96. The molecule has 4 N–H and O–H groups in total. The van der Waals surface area contributed by atoms with E-state index in [2.05, 4.69) is 10.6 Å². The van der Waals surface area contributed by atoms with Gasteiger partial charge in [0.15, 0.2) is 0 Å². The summed E-state index contributed by atoms with van der Waals surface area (Å²) in [6.45, 7) is -0.629. The maximum atomic E-state index is 14.8. The number of halogens is 2. The molecule has 3 unspecified atom stereocenters. The van der Waals surface area contributed by atoms with Crippen LogP contribution in [0.1, 0.15) is 12.8 Å². The van der Waals surface area contributed by atoms with Gasteiger partial charge < -0.3 is 20.8 Å². The highest BCUT2D eigenvalue weighted by molar-refractivity contribution is 6.30. The van der Waals surface area contributed by atoms with Gasteiger partial charge in [0.1, 0.15) is 5.82 Å². The van der Waals surface area contributed by atoms with E-state index in [9.17, 15) is 29.0 Å². The molecule has 0 bridgehead atoms. The van der Waals surface area contributed by atoms with Crippen LogP contribution in [0.15, 0.2) is 71.7 Å². The molecular weight excluding hydrogens is 477 g/mol. The number of aliphatic hydroxyl groups is 2. The van der Waals surface area contributed by atoms with Crippen LogP contribution in [0, 0.1) is 17.7 Å². The van der Waals surface area contributed by atoms with Crippen LogP contribution in [-0.2, 0) is 9.59 Å². The molecule has 3 atom stereocenters. The van der Waals surface area contributed by atoms with Crippen LogP contribution < -0.4 is 16.2 Å². The molecule has 4 rings (SSSR count). The second-order valence-electron chi connectivity index (χ2n) is 8.56. The van der Waals surface area contributed by atoms with Crippen LogP contribution >= 0.6 is 11.6 Å². The Morgan fingerprint density at radius 2 is 1.69 bits per heavy atom. The van der Waals surface area contributed by atoms with E-state index in [0.29, 0.717) is 10.7 Å². The normalized spacial score (nSPS) is 21.5. The van der Waals surface area contributed by atoms with Crippen molar-refractivity contribution in [1.82, 2.24) is 4.57 Å². The van der Waals surface area contributed by atoms with Crippen molar-refractivity contribution in [3.05, 3.63) is 88.1 Å². The summed E-state index contributed by atoms with van der Waals surface area (Å²) in [6.07, 6.45) is 1.18. The van der Waals surface area contributed by atoms with Gasteiger partial charge in [-0.25, -0.2) is 4.39 Å². The second-order valence-corrected chi connectivity index (χ2v) is 9.00. The largest absolute Gasteiger partial charge is 0.393 e. The van der Waals surface area contributed by atoms with Gasteiger partial charge in [-0.2, -0.15) is 0 Å². The lowest BCUT2D eigenvalue weighted by molar-refractivity contribution is -0.128. The van der Waals surface area contributed by atoms with Gasteiger partial charge in [0.25, 0.3) is 5.56 Å². The Morgan fingerprint density at radius 3 is 2.29 bits per heavy atom. The van der Waals surface area contributed by atoms with Gasteiger partial charge in [0, 0.05) is 29.0 Å². The Hall–Kier alpha value is -3.53. The maximum Gasteiger partial charge on any atom is 0.255 e. The van der Waals surface area contributed by atoms with Crippen molar-refractivity contribution in [2.24, 2.45) is 11.8 Å². The number of carbonyl (C=O) groups is 2. The number of nitrogens with one attached hydrogen (secondary N) is 2. The summed E-state index contributed by atoms with van der Waals surface area (Å²) < 4.78 is 16.1. The van der Waals surface area contributed by atoms with Crippen molar-refractivity contribution in [3.63, 3.8) is 0 Å². The average molecular weight is 500 g/mol. The summed E-state index contributed by atoms with van der Waals surface area (Å²) in [5, 5.41) is 25.9. The van der Waals surface area contributed by atoms with Crippen molar-refractivity contribution >= 4 is 34.8 Å². The zero-order valence-electron chi connectivity index (χ0n) is 18.4. The van der Waals surface area contributed by atoms with Gasteiger partial charge >= 0.3 is 0 Å². The molecule has 3 aromatic rings. The molecule has 1 aliphatic carbocycles. The van der Waals surface area contributed by atoms with Gasteiger partial charge in [0.2, 0.25) is 11.8 Å². The van der Waals surface area contributed by atoms with Gasteiger partial charge in [-0.1, -0.05) is 17.7 Å². The molecule has 1 fully saturated rings. The summed E-state index contributed by atoms with van der Waals surface area (Å²) >= 11 is 5.86. The number of aliphatic hydroxyl groups excluding tert-OH is 1. The molecule has 8 nitrogen and oxygen atoms in total. The van der Waals surface area contributed by atoms with Crippen LogP contribution in [-0.4, -0.2) is 38.8 Å². The third-order valence-electron chi connectivity index (χ3n) is 6.08. The first kappa shape index (κ1) is 24.6. The van der Waals surface area contributed by atoms with Crippen molar-refractivity contribution in [2.45, 2.75) is 18.4 Å². The zero-order chi connectivity index (χ0) is 25.2. The smallest absolute Gasteiger partial charge is 0.255 e. The number of hydrogen-bond acceptors (Lipinski definition) is 5. The van der Waals surface area contributed by atoms with Gasteiger partial charge in [-0.3, -0.25) is 19.0 Å². The lowest BCUT2D eigenvalue weighted by atomic mass is 9.94. The minimum Gasteiger partial charge on any atom is -0.393 e. The van der Waals surface area contributed by atoms with Crippen molar-refractivity contribution in [2.75, 3.05) is 17.2 Å². The molecule has 10 heteroatoms. The molecule has 0 aliphatic heterocycles. The topological polar surface area (TPSA) is 121 Å². The molecule has 35 heavy (non-hydrogen) atoms. The number of carbonyl (C=O) groups excluding carboxylic acids is 2. The number of pyridine rings is 1. The molecule has 1 saturated carbocycles. The lowest BCUT2D eigenvalue weighted by Crippen LogP contribution is -2.33. The summed E-state index contributed by atoms with van der Waals surface area (Å²) in [4.78, 5) is 38.0. The van der Waals surface area contributed by atoms with E-state index in [1.165, 1.54) is 29.0 Å². The van der Waals surface area contributed by atoms with E-state index in [1.807, 2.05) is 0 Å². The molecule has 2 amide bonds. The summed E-state index contributed by atoms with van der Waals surface area (Å²) in [6, 6.07) is 14.8. The van der Waals surface area contributed by atoms with Gasteiger partial charge in [-0.15, -0.1) is 0 Å². The molecule has 0 radical (unpaired) electrons. The Labute approximate surface area is 205 Å². The molecular formula is C25H23ClFN3O5. The quantitative estimate of drug-likeness (QED) is 0.415. The highest BCUT2D eigenvalue weighted by atomic mass is 35.5. The van der Waals surface area contributed by atoms with E-state index in [-0.39, 0.29) is 29.8 Å². The molecule has 1 aliphatic rings. The number of hydrogen-bond donors (Lipinski definition) is 4. The Bertz CT molecular complexity index is 1310. The Kier molecular flexibility index (Phi) is 7.02. The Morgan fingerprint density at radius 1 is 1.03 bits per heavy atom. The van der Waals surface area contributed by atoms with Crippen LogP contribution in [0.4, 0.5) is 15.8 Å². The SMILES string of the molecule is O=C(Nc1ccc(Cl)cc1)C1CC(O)(CO)CC1C(=O)Nc1ccc(-n2ccccc2=O)cc1F. The van der Waals surface area contributed by atoms with Crippen molar-refractivity contribution in [3.8, 4) is 5.69 Å². The van der Waals surface area contributed by atoms with Crippen LogP contribution in [0.3, 0.4) is 0 Å². The van der Waals surface area contributed by atoms with E-state index in [1.54, 1.807) is 36.4 Å². The minimum absolute atomic E-state index is 0.140. The van der Waals surface area contributed by atoms with Crippen LogP contribution in [0.5, 0.6) is 0 Å². The molecule has 0 saturated heterocycles. The number of rotatable bonds is 6. The number of nitrogens with zero attached hydrogens (tertiary/aromatic N) is 1. The fourth-order valence-electron chi connectivity index (χ4n) is 4.26. The monoisotopic (exact) mass is 499 g/mol. The van der Waals surface area contributed by atoms with E-state index in [0.717, 1.165) is 6.07 Å². The standard InChI is InChI=1S/C25H23ClFN3O5/c26-15-4-6-16(7-5-15)28-23(33)18-12-25(35,14-31)13-19(18)24(34)29-21-9-8-17(11-20(21)27)30-10-2-1-3-22(30)32/h1-11,18-19,31,35H,12-14H2,(H,28,33)(H,29,34). The first-order valence-corrected chi connectivity index (χ1v) is 11.2. The highest BCUT2D eigenvalue weighted by Gasteiger charge is 2.50. The van der Waals surface area contributed by atoms with Crippen molar-refractivity contribution < 1.29 is 24.2 Å². The number of anilines is 2. The Balaban J connectivity index is 1.53. The third-order valence-corrected chi connectivity index (χ3v) is 6.33. The average Bonchev–Trinajstić information content (AvgIpc) is 3.21. The molecule has 182 valence electrons. The lowest BCUT2D eigenvalue weighted by Gasteiger charge is -2.19. The third kappa shape index (κ3) is 5.43. The van der Waals surface area contributed by atoms with E-state index < -0.39 is 41.7 Å². The molecule has 1 aromatic heterocycles. The van der Waals surface area contributed by atoms with Gasteiger partial charge in [0.05, 0.1) is 35.4 Å². The summed E-state index contributed by atoms with van der Waals surface area (Å²) in [7, 11) is 0. The number of benzene rings is 2. The van der Waals surface area contributed by atoms with Crippen molar-refractivity contribution in [1.29, 1.82) is 0 Å². The van der Waals surface area contributed by atoms with Gasteiger partial charge in [-0.05, 0) is 55.3 Å². The summed E-state index contributed by atoms with van der Waals surface area (Å²) in [5.41, 5.74) is -1.37. The first-order valence-electron chi connectivity index (χ1n) is 10.9. The first-order chi connectivity index (χ1) is 16.7. The molecule has 0 spiro atoms. The molecule has 1 heterocycles. The summed E-state index contributed by atoms with van der Waals surface area (Å²) in [5.74, 6) is -3.95. The van der Waals surface area contributed by atoms with E-state index >= 15 is 0 Å². The fraction of sp³-hybridized carbons (Fsp3) is 0.240. The fourth-order valence-corrected chi connectivity index (χ4v) is 4.38. The van der Waals surface area contributed by atoms with E-state index in [4.69, 9.17) is 11.6 Å². The predicted molar refractivity (Wildman–Crippen MR) is 129 cm³/mol. The minimum atomic E-state index is -1.62. The van der Waals surface area contributed by atoms with Crippen LogP contribution in [0.2, 0.25) is 5.02 Å². The zero-order valence-corrected chi connectivity index (χ0v) is 19.2. The number of aromatic nitrogens is 1. The maximum absolute atomic E-state index is 14.8. The highest BCUT2D eigenvalue weighted by Crippen LogP contribution is 2.41. The van der Waals surface area contributed by atoms with Crippen LogP contribution in [0.25, 0.3) is 5.69 Å².